The third-order valence-electron chi connectivity index (χ3n) is 2.58. The molecule has 0 aromatic carbocycles. The molecule has 0 aliphatic carbocycles. The van der Waals surface area contributed by atoms with Gasteiger partial charge in [0.1, 0.15) is 5.82 Å². The second kappa shape index (κ2) is 4.60. The molecule has 1 aliphatic heterocycles. The summed E-state index contributed by atoms with van der Waals surface area (Å²) in [6, 6.07) is 0. The van der Waals surface area contributed by atoms with Crippen molar-refractivity contribution < 1.29 is 22.7 Å². The number of imidazole rings is 1. The summed E-state index contributed by atoms with van der Waals surface area (Å²) in [7, 11) is 0. The van der Waals surface area contributed by atoms with E-state index in [9.17, 15) is 18.0 Å². The number of nitrogens with one attached hydrogen (secondary N) is 1. The van der Waals surface area contributed by atoms with Crippen molar-refractivity contribution in [3.8, 4) is 0 Å². The van der Waals surface area contributed by atoms with Crippen molar-refractivity contribution in [2.45, 2.75) is 26.2 Å². The monoisotopic (exact) mass is 263 g/mol. The van der Waals surface area contributed by atoms with Crippen LogP contribution in [0.2, 0.25) is 0 Å². The van der Waals surface area contributed by atoms with E-state index >= 15 is 0 Å². The fourth-order valence-electron chi connectivity index (χ4n) is 1.87. The molecule has 1 aromatic rings. The number of carbonyl (C=O) groups is 1. The molecule has 1 aliphatic rings. The number of esters is 1. The Morgan fingerprint density at radius 2 is 2.28 bits per heavy atom. The van der Waals surface area contributed by atoms with Crippen LogP contribution < -0.4 is 5.32 Å². The Labute approximate surface area is 101 Å². The van der Waals surface area contributed by atoms with E-state index in [0.29, 0.717) is 6.54 Å². The predicted molar refractivity (Wildman–Crippen MR) is 54.9 cm³/mol. The number of hydrogen-bond donors (Lipinski definition) is 1. The Bertz CT molecular complexity index is 468. The van der Waals surface area contributed by atoms with Crippen LogP contribution in [0.25, 0.3) is 0 Å². The van der Waals surface area contributed by atoms with Gasteiger partial charge in [0, 0.05) is 13.1 Å². The Morgan fingerprint density at radius 1 is 1.56 bits per heavy atom. The minimum atomic E-state index is -4.66. The Balaban J connectivity index is 2.52. The van der Waals surface area contributed by atoms with Crippen LogP contribution in [-0.2, 0) is 24.0 Å². The molecule has 1 aromatic heterocycles. The molecular weight excluding hydrogens is 251 g/mol. The van der Waals surface area contributed by atoms with Crippen molar-refractivity contribution in [2.75, 3.05) is 13.2 Å². The third-order valence-corrected chi connectivity index (χ3v) is 2.58. The van der Waals surface area contributed by atoms with Crippen LogP contribution in [0.5, 0.6) is 0 Å². The quantitative estimate of drug-likeness (QED) is 0.814. The van der Waals surface area contributed by atoms with Crippen LogP contribution in [0.3, 0.4) is 0 Å². The maximum absolute atomic E-state index is 12.8. The van der Waals surface area contributed by atoms with Crippen LogP contribution in [0.15, 0.2) is 0 Å². The number of nitrogens with zero attached hydrogens (tertiary/aromatic N) is 2. The average Bonchev–Trinajstić information content (AvgIpc) is 2.68. The lowest BCUT2D eigenvalue weighted by Crippen LogP contribution is -2.30. The maximum atomic E-state index is 12.8. The lowest BCUT2D eigenvalue weighted by atomic mass is 10.3. The fraction of sp³-hybridized carbons (Fsp3) is 0.600. The first-order valence-corrected chi connectivity index (χ1v) is 5.49. The fourth-order valence-corrected chi connectivity index (χ4v) is 1.87. The molecular formula is C10H12F3N3O2. The van der Waals surface area contributed by atoms with E-state index in [0.717, 1.165) is 0 Å². The second-order valence-corrected chi connectivity index (χ2v) is 3.77. The number of aromatic nitrogens is 2. The standard InChI is InChI=1S/C10H12F3N3O2/c1-2-18-9(17)7-8(10(11,12)13)15-6-5-14-3-4-16(6)7/h14H,2-5H2,1H3. The molecule has 0 atom stereocenters. The van der Waals surface area contributed by atoms with Crippen LogP contribution in [0.4, 0.5) is 13.2 Å². The van der Waals surface area contributed by atoms with E-state index in [4.69, 9.17) is 0 Å². The van der Waals surface area contributed by atoms with Gasteiger partial charge < -0.3 is 14.6 Å². The lowest BCUT2D eigenvalue weighted by molar-refractivity contribution is -0.141. The smallest absolute Gasteiger partial charge is 0.435 e. The van der Waals surface area contributed by atoms with Gasteiger partial charge >= 0.3 is 12.1 Å². The first-order valence-electron chi connectivity index (χ1n) is 5.49. The van der Waals surface area contributed by atoms with Crippen molar-refractivity contribution in [3.05, 3.63) is 17.2 Å². The molecule has 0 bridgehead atoms. The van der Waals surface area contributed by atoms with Crippen LogP contribution in [-0.4, -0.2) is 28.7 Å². The molecule has 0 unspecified atom stereocenters. The highest BCUT2D eigenvalue weighted by Crippen LogP contribution is 2.32. The molecule has 8 heteroatoms. The van der Waals surface area contributed by atoms with Crippen molar-refractivity contribution in [3.63, 3.8) is 0 Å². The summed E-state index contributed by atoms with van der Waals surface area (Å²) in [5.74, 6) is -0.776. The predicted octanol–water partition coefficient (Wildman–Crippen LogP) is 1.18. The van der Waals surface area contributed by atoms with E-state index in [1.165, 1.54) is 4.57 Å². The van der Waals surface area contributed by atoms with E-state index in [1.54, 1.807) is 6.92 Å². The van der Waals surface area contributed by atoms with Gasteiger partial charge in [-0.05, 0) is 6.92 Å². The Hall–Kier alpha value is -1.57. The summed E-state index contributed by atoms with van der Waals surface area (Å²) in [4.78, 5) is 15.1. The molecule has 0 saturated heterocycles. The Morgan fingerprint density at radius 3 is 2.89 bits per heavy atom. The van der Waals surface area contributed by atoms with E-state index in [-0.39, 0.29) is 25.5 Å². The molecule has 5 nitrogen and oxygen atoms in total. The topological polar surface area (TPSA) is 56.1 Å². The molecule has 0 spiro atoms. The summed E-state index contributed by atoms with van der Waals surface area (Å²) < 4.78 is 44.4. The van der Waals surface area contributed by atoms with E-state index in [1.807, 2.05) is 0 Å². The second-order valence-electron chi connectivity index (χ2n) is 3.77. The number of hydrogen-bond acceptors (Lipinski definition) is 4. The normalized spacial score (nSPS) is 15.3. The highest BCUT2D eigenvalue weighted by molar-refractivity contribution is 5.89. The van der Waals surface area contributed by atoms with Gasteiger partial charge in [-0.3, -0.25) is 0 Å². The first-order chi connectivity index (χ1) is 8.45. The maximum Gasteiger partial charge on any atom is 0.435 e. The average molecular weight is 263 g/mol. The molecule has 2 heterocycles. The van der Waals surface area contributed by atoms with Crippen LogP contribution >= 0.6 is 0 Å². The molecule has 18 heavy (non-hydrogen) atoms. The number of ether oxygens (including phenoxy) is 1. The van der Waals surface area contributed by atoms with Gasteiger partial charge in [0.05, 0.1) is 13.2 Å². The summed E-state index contributed by atoms with van der Waals surface area (Å²) >= 11 is 0. The number of carbonyl (C=O) groups excluding carboxylic acids is 1. The van der Waals surface area contributed by atoms with Crippen molar-refractivity contribution in [1.82, 2.24) is 14.9 Å². The van der Waals surface area contributed by atoms with E-state index in [2.05, 4.69) is 15.0 Å². The molecule has 100 valence electrons. The summed E-state index contributed by atoms with van der Waals surface area (Å²) in [6.07, 6.45) is -4.66. The zero-order valence-electron chi connectivity index (χ0n) is 9.67. The van der Waals surface area contributed by atoms with Gasteiger partial charge in [-0.2, -0.15) is 13.2 Å². The zero-order chi connectivity index (χ0) is 13.3. The van der Waals surface area contributed by atoms with Gasteiger partial charge in [-0.15, -0.1) is 0 Å². The molecule has 2 rings (SSSR count). The zero-order valence-corrected chi connectivity index (χ0v) is 9.67. The van der Waals surface area contributed by atoms with Gasteiger partial charge in [0.2, 0.25) is 0 Å². The van der Waals surface area contributed by atoms with Gasteiger partial charge in [0.15, 0.2) is 11.4 Å². The molecule has 0 radical (unpaired) electrons. The molecule has 0 fully saturated rings. The van der Waals surface area contributed by atoms with Gasteiger partial charge in [-0.1, -0.05) is 0 Å². The number of rotatable bonds is 2. The van der Waals surface area contributed by atoms with Crippen LogP contribution in [0.1, 0.15) is 28.9 Å². The molecule has 0 amide bonds. The minimum Gasteiger partial charge on any atom is -0.461 e. The largest absolute Gasteiger partial charge is 0.461 e. The summed E-state index contributed by atoms with van der Waals surface area (Å²) in [5, 5.41) is 2.90. The van der Waals surface area contributed by atoms with Crippen LogP contribution in [0, 0.1) is 0 Å². The molecule has 0 saturated carbocycles. The summed E-state index contributed by atoms with van der Waals surface area (Å²) in [5.41, 5.74) is -1.67. The number of alkyl halides is 3. The van der Waals surface area contributed by atoms with Crippen molar-refractivity contribution in [1.29, 1.82) is 0 Å². The number of fused-ring (bicyclic) bond motifs is 1. The summed E-state index contributed by atoms with van der Waals surface area (Å²) in [6.45, 7) is 2.54. The first kappa shape index (κ1) is 12.9. The molecule has 1 N–H and O–H groups in total. The van der Waals surface area contributed by atoms with Crippen molar-refractivity contribution in [2.24, 2.45) is 0 Å². The highest BCUT2D eigenvalue weighted by Gasteiger charge is 2.42. The SMILES string of the molecule is CCOC(=O)c1c(C(F)(F)F)nc2n1CCNC2. The highest BCUT2D eigenvalue weighted by atomic mass is 19.4. The lowest BCUT2D eigenvalue weighted by Gasteiger charge is -2.17. The van der Waals surface area contributed by atoms with Crippen molar-refractivity contribution >= 4 is 5.97 Å². The minimum absolute atomic E-state index is 0.0227. The van der Waals surface area contributed by atoms with Gasteiger partial charge in [-0.25, -0.2) is 9.78 Å². The van der Waals surface area contributed by atoms with Gasteiger partial charge in [0.25, 0.3) is 0 Å². The number of halogens is 3. The Kier molecular flexibility index (Phi) is 3.29. The van der Waals surface area contributed by atoms with E-state index < -0.39 is 23.5 Å². The third kappa shape index (κ3) is 2.20.